The number of piperidine rings is 1. The van der Waals surface area contributed by atoms with E-state index < -0.39 is 41.7 Å². The number of amidine groups is 1. The van der Waals surface area contributed by atoms with Crippen LogP contribution in [-0.2, 0) is 27.2 Å². The minimum atomic E-state index is -1.12. The minimum Gasteiger partial charge on any atom is -0.505 e. The Hall–Kier alpha value is -12.2. The van der Waals surface area contributed by atoms with Crippen molar-refractivity contribution >= 4 is 115 Å². The number of aromatic hydroxyl groups is 1. The number of ether oxygens (including phenoxy) is 2. The number of carbonyl (C=O) groups excluding carboxylic acids is 3. The van der Waals surface area contributed by atoms with Crippen LogP contribution in [0.15, 0.2) is 284 Å². The number of aliphatic carboxylic acids is 1. The zero-order chi connectivity index (χ0) is 86.8. The van der Waals surface area contributed by atoms with E-state index in [1.165, 1.54) is 22.0 Å². The van der Waals surface area contributed by atoms with Gasteiger partial charge in [-0.3, -0.25) is 29.3 Å². The second-order valence-electron chi connectivity index (χ2n) is 31.5. The second-order valence-corrected chi connectivity index (χ2v) is 33.2. The van der Waals surface area contributed by atoms with Crippen molar-refractivity contribution in [1.82, 2.24) is 35.0 Å². The second kappa shape index (κ2) is 41.1. The molecule has 13 aromatic rings. The molecule has 16 rings (SSSR count). The van der Waals surface area contributed by atoms with Crippen molar-refractivity contribution in [2.75, 3.05) is 37.4 Å². The summed E-state index contributed by atoms with van der Waals surface area (Å²) in [6, 6.07) is 82.0. The Bertz CT molecular complexity index is 5800. The van der Waals surface area contributed by atoms with Crippen molar-refractivity contribution < 1.29 is 44.0 Å². The van der Waals surface area contributed by atoms with E-state index in [9.17, 15) is 34.5 Å². The van der Waals surface area contributed by atoms with Gasteiger partial charge in [-0.15, -0.1) is 0 Å². The van der Waals surface area contributed by atoms with E-state index >= 15 is 0 Å². The van der Waals surface area contributed by atoms with Crippen LogP contribution < -0.4 is 25.4 Å². The van der Waals surface area contributed by atoms with Crippen molar-refractivity contribution in [3.63, 3.8) is 0 Å². The zero-order valence-electron chi connectivity index (χ0n) is 69.5. The Morgan fingerprint density at radius 3 is 1.93 bits per heavy atom. The number of likely N-dealkylation sites (tertiary alicyclic amines) is 1. The van der Waals surface area contributed by atoms with E-state index in [2.05, 4.69) is 97.8 Å². The molecular formula is C100H100Cl4N10O9. The summed E-state index contributed by atoms with van der Waals surface area (Å²) >= 11 is 24.9. The summed E-state index contributed by atoms with van der Waals surface area (Å²) in [5.41, 5.74) is 13.6. The van der Waals surface area contributed by atoms with Gasteiger partial charge >= 0.3 is 12.0 Å². The number of phenols is 1. The molecule has 19 nitrogen and oxygen atoms in total. The molecule has 4 amide bonds. The summed E-state index contributed by atoms with van der Waals surface area (Å²) in [6.45, 7) is 11.8. The number of phenolic OH excluding ortho intramolecular Hbond substituents is 1. The Kier molecular flexibility index (Phi) is 29.6. The van der Waals surface area contributed by atoms with Crippen LogP contribution in [0.1, 0.15) is 146 Å². The lowest BCUT2D eigenvalue weighted by Gasteiger charge is -2.52. The van der Waals surface area contributed by atoms with Crippen LogP contribution >= 0.6 is 46.4 Å². The molecule has 4 unspecified atom stereocenters. The number of aliphatic hydroxyl groups is 1. The van der Waals surface area contributed by atoms with E-state index in [0.717, 1.165) is 80.8 Å². The van der Waals surface area contributed by atoms with E-state index in [1.54, 1.807) is 84.4 Å². The van der Waals surface area contributed by atoms with Gasteiger partial charge in [-0.2, -0.15) is 0 Å². The summed E-state index contributed by atoms with van der Waals surface area (Å²) in [4.78, 5) is 74.3. The number of carboxylic acid groups (broad SMARTS) is 1. The Morgan fingerprint density at radius 2 is 1.30 bits per heavy atom. The van der Waals surface area contributed by atoms with Gasteiger partial charge in [0, 0.05) is 108 Å². The number of aryl methyl sites for hydroxylation is 3. The highest BCUT2D eigenvalue weighted by molar-refractivity contribution is 6.31. The van der Waals surface area contributed by atoms with Gasteiger partial charge in [-0.05, 0) is 208 Å². The largest absolute Gasteiger partial charge is 0.505 e. The summed E-state index contributed by atoms with van der Waals surface area (Å²) in [7, 11) is 1.59. The smallest absolute Gasteiger partial charge is 0.326 e. The lowest BCUT2D eigenvalue weighted by Crippen LogP contribution is -2.58. The molecule has 8 atom stereocenters. The number of H-pyrrole nitrogens is 1. The van der Waals surface area contributed by atoms with Crippen LogP contribution in [0.25, 0.3) is 21.8 Å². The van der Waals surface area contributed by atoms with E-state index in [-0.39, 0.29) is 54.6 Å². The number of carbonyl (C=O) groups is 4. The number of halogens is 4. The van der Waals surface area contributed by atoms with Gasteiger partial charge < -0.3 is 55.5 Å². The average Bonchev–Trinajstić information content (AvgIpc) is 1.72. The first-order chi connectivity index (χ1) is 59.4. The van der Waals surface area contributed by atoms with Crippen molar-refractivity contribution in [1.29, 1.82) is 0 Å². The van der Waals surface area contributed by atoms with Crippen LogP contribution in [0.5, 0.6) is 17.2 Å². The number of nitrogens with one attached hydrogen (secondary N) is 4. The van der Waals surface area contributed by atoms with Crippen LogP contribution in [0.2, 0.25) is 20.1 Å². The Morgan fingerprint density at radius 1 is 0.667 bits per heavy atom. The first kappa shape index (κ1) is 88.6. The van der Waals surface area contributed by atoms with Gasteiger partial charge in [0.1, 0.15) is 41.2 Å². The van der Waals surface area contributed by atoms with Gasteiger partial charge in [0.25, 0.3) is 0 Å². The molecule has 6 heterocycles. The topological polar surface area (TPSA) is 247 Å². The van der Waals surface area contributed by atoms with Crippen LogP contribution in [-0.4, -0.2) is 120 Å². The predicted molar refractivity (Wildman–Crippen MR) is 492 cm³/mol. The number of benzene rings is 10. The van der Waals surface area contributed by atoms with Gasteiger partial charge in [0.15, 0.2) is 0 Å². The number of urea groups is 1. The first-order valence-corrected chi connectivity index (χ1v) is 42.7. The Balaban J connectivity index is 0.000000144. The third-order valence-electron chi connectivity index (χ3n) is 22.3. The Labute approximate surface area is 737 Å². The number of amides is 4. The molecule has 3 aliphatic heterocycles. The molecule has 3 aromatic heterocycles. The van der Waals surface area contributed by atoms with Crippen molar-refractivity contribution in [3.05, 3.63) is 355 Å². The average molecular weight is 1730 g/mol. The molecule has 3 aliphatic rings. The maximum Gasteiger partial charge on any atom is 0.326 e. The van der Waals surface area contributed by atoms with Crippen LogP contribution in [0, 0.1) is 12.3 Å². The maximum absolute atomic E-state index is 14.3. The summed E-state index contributed by atoms with van der Waals surface area (Å²) in [5.74, 6) is 0.109. The fourth-order valence-corrected chi connectivity index (χ4v) is 17.0. The third-order valence-corrected chi connectivity index (χ3v) is 23.3. The number of rotatable bonds is 23. The van der Waals surface area contributed by atoms with Crippen LogP contribution in [0.4, 0.5) is 21.9 Å². The normalized spacial score (nSPS) is 17.5. The fraction of sp³-hybridized carbons (Fsp3) is 0.250. The summed E-state index contributed by atoms with van der Waals surface area (Å²) in [5, 5.41) is 45.5. The summed E-state index contributed by atoms with van der Waals surface area (Å²) in [6.07, 6.45) is 8.73. The molecule has 123 heavy (non-hydrogen) atoms. The quantitative estimate of drug-likeness (QED) is 0.0315. The highest BCUT2D eigenvalue weighted by Crippen LogP contribution is 2.53. The number of piperazine rings is 1. The van der Waals surface area contributed by atoms with Crippen LogP contribution in [0.3, 0.4) is 0 Å². The standard InChI is InChI=1S/C30H30Cl2N4O4.C25H29Cl2NO4.C23H20N2O.C22H21N3/c1-18(2)40-25-16-23(39-3)12-13-24(25)29-34-27(19-4-8-21(31)9-5-19)28(20-6-10-22(32)11-7-20)36(29)30(38)35-15-14-33-26(37)17-35;1-4-21(15(2)29)28-23(16-8-10-18(26)11-9-16)20(17-6-5-7-19(27)12-17)13-25(3,24(28)32)14-22(30)31;1-16-12-13-18-14-15-20(23(26)22(18)24-16)21(17-8-4-2-5-9-17)25-19-10-6-3-7-11-19;1-2-7-22-21(6-1)18(16-24-22)5-3-4-17-8-10-19(11-9-17)25-20-12-14-23-15-13-20/h4-13,16,18,27-28H,14-15,17H2,1-3H3,(H,33,37);5-12,15,20-21,23,29H,4,13-14H2,1-3H3,(H,30,31);2-15,21,25-26H,1H3;1-2,6-16,24H,3-5H2,(H,23,25)/t;15-,20?,21-,23+,25+;;/m.0../s1. The third kappa shape index (κ3) is 22.0. The molecule has 0 spiro atoms. The predicted octanol–water partition coefficient (Wildman–Crippen LogP) is 22.5. The lowest BCUT2D eigenvalue weighted by molar-refractivity contribution is -0.163. The molecule has 0 radical (unpaired) electrons. The molecule has 2 saturated heterocycles. The number of anilines is 3. The van der Waals surface area contributed by atoms with Gasteiger partial charge in [-0.1, -0.05) is 206 Å². The molecule has 2 fully saturated rings. The SMILES string of the molecule is CC[C@@H]([C@H](C)O)N1C(=O)[C@@](C)(CC(=O)O)CC(c2cccc(Cl)c2)[C@H]1c1ccc(Cl)cc1.COc1ccc(C2=NC(c3ccc(Cl)cc3)C(c3ccc(Cl)cc3)N2C(=O)N2CCNC(=O)C2)c(OC(C)C)c1.Cc1ccc2ccc(C(Nc3ccccc3)c3ccccc3)c(O)c2n1.c1ccc2c(CCCc3ccc(Nc4ccncc4)cc3)c[nH]c2c1. The van der Waals surface area contributed by atoms with Crippen molar-refractivity contribution in [2.45, 2.75) is 128 Å². The molecule has 7 N–H and O–H groups in total. The summed E-state index contributed by atoms with van der Waals surface area (Å²) < 4.78 is 11.7. The zero-order valence-corrected chi connectivity index (χ0v) is 72.6. The van der Waals surface area contributed by atoms with Gasteiger partial charge in [-0.25, -0.2) is 9.78 Å². The number of carboxylic acids is 1. The number of para-hydroxylation sites is 2. The number of nitrogens with zero attached hydrogens (tertiary/aromatic N) is 6. The monoisotopic (exact) mass is 1720 g/mol. The number of aromatic nitrogens is 3. The molecule has 632 valence electrons. The van der Waals surface area contributed by atoms with Crippen molar-refractivity contribution in [3.8, 4) is 17.2 Å². The molecule has 0 saturated carbocycles. The van der Waals surface area contributed by atoms with E-state index in [0.29, 0.717) is 74.4 Å². The van der Waals surface area contributed by atoms with E-state index in [1.807, 2.05) is 191 Å². The molecule has 10 aromatic carbocycles. The van der Waals surface area contributed by atoms with Gasteiger partial charge in [0.05, 0.1) is 60.9 Å². The highest BCUT2D eigenvalue weighted by Gasteiger charge is 2.53. The number of aliphatic hydroxyl groups excluding tert-OH is 1. The number of fused-ring (bicyclic) bond motifs is 2. The van der Waals surface area contributed by atoms with E-state index in [4.69, 9.17) is 60.9 Å². The molecule has 23 heteroatoms. The number of methoxy groups -OCH3 is 1. The highest BCUT2D eigenvalue weighted by atomic mass is 35.5. The number of aromatic amines is 1. The van der Waals surface area contributed by atoms with Gasteiger partial charge in [0.2, 0.25) is 11.8 Å². The number of aliphatic imine (C=N–C) groups is 1. The van der Waals surface area contributed by atoms with Crippen molar-refractivity contribution in [2.24, 2.45) is 10.4 Å². The lowest BCUT2D eigenvalue weighted by atomic mass is 9.67. The fourth-order valence-electron chi connectivity index (χ4n) is 16.4. The number of pyridine rings is 2. The minimum absolute atomic E-state index is 0.0421. The molecule has 0 bridgehead atoms. The maximum atomic E-state index is 14.3. The molecular weight excluding hydrogens is 1630 g/mol. The first-order valence-electron chi connectivity index (χ1n) is 41.2. The molecule has 0 aliphatic carbocycles. The number of hydrogen-bond acceptors (Lipinski definition) is 13. The number of hydrogen-bond donors (Lipinski definition) is 7.